The van der Waals surface area contributed by atoms with Gasteiger partial charge in [-0.15, -0.1) is 0 Å². The third-order valence-corrected chi connectivity index (χ3v) is 4.29. The van der Waals surface area contributed by atoms with E-state index in [2.05, 4.69) is 16.0 Å². The summed E-state index contributed by atoms with van der Waals surface area (Å²) in [4.78, 5) is 25.8. The first-order chi connectivity index (χ1) is 11.5. The van der Waals surface area contributed by atoms with Gasteiger partial charge in [0.15, 0.2) is 6.29 Å². The summed E-state index contributed by atoms with van der Waals surface area (Å²) >= 11 is 0. The molecule has 8 heteroatoms. The smallest absolute Gasteiger partial charge is 0.328 e. The quantitative estimate of drug-likeness (QED) is 0.781. The first-order valence-corrected chi connectivity index (χ1v) is 8.04. The van der Waals surface area contributed by atoms with Crippen LogP contribution in [0.5, 0.6) is 0 Å². The van der Waals surface area contributed by atoms with Crippen LogP contribution >= 0.6 is 0 Å². The second kappa shape index (κ2) is 7.14. The molecule has 130 valence electrons. The van der Waals surface area contributed by atoms with Gasteiger partial charge in [0, 0.05) is 25.3 Å². The van der Waals surface area contributed by atoms with Gasteiger partial charge < -0.3 is 15.4 Å². The number of nitrogens with zero attached hydrogens (tertiary/aromatic N) is 1. The van der Waals surface area contributed by atoms with Crippen LogP contribution < -0.4 is 16.0 Å². The zero-order valence-electron chi connectivity index (χ0n) is 13.4. The van der Waals surface area contributed by atoms with Crippen molar-refractivity contribution < 1.29 is 18.7 Å². The Morgan fingerprint density at radius 1 is 1.25 bits per heavy atom. The van der Waals surface area contributed by atoms with E-state index in [1.54, 1.807) is 12.1 Å². The monoisotopic (exact) mass is 336 g/mol. The maximum Gasteiger partial charge on any atom is 0.328 e. The summed E-state index contributed by atoms with van der Waals surface area (Å²) in [5.41, 5.74) is 0.727. The third-order valence-electron chi connectivity index (χ3n) is 4.29. The van der Waals surface area contributed by atoms with Gasteiger partial charge in [0.05, 0.1) is 0 Å². The highest BCUT2D eigenvalue weighted by atomic mass is 19.1. The molecule has 2 fully saturated rings. The summed E-state index contributed by atoms with van der Waals surface area (Å²) in [6, 6.07) is 4.91. The largest absolute Gasteiger partial charge is 0.381 e. The normalized spacial score (nSPS) is 21.3. The second-order valence-corrected chi connectivity index (χ2v) is 5.99. The van der Waals surface area contributed by atoms with Crippen molar-refractivity contribution in [1.29, 1.82) is 0 Å². The maximum absolute atomic E-state index is 13.3. The molecule has 3 N–H and O–H groups in total. The lowest BCUT2D eigenvalue weighted by atomic mass is 10.1. The molecule has 4 amide bonds. The number of ether oxygens (including phenoxy) is 1. The summed E-state index contributed by atoms with van der Waals surface area (Å²) in [6.45, 7) is 2.91. The zero-order chi connectivity index (χ0) is 17.1. The Bertz CT molecular complexity index is 603. The van der Waals surface area contributed by atoms with E-state index in [1.807, 2.05) is 6.92 Å². The number of amides is 4. The average molecular weight is 336 g/mol. The van der Waals surface area contributed by atoms with Gasteiger partial charge in [0.25, 0.3) is 0 Å². The first kappa shape index (κ1) is 16.7. The molecule has 2 aliphatic heterocycles. The fraction of sp³-hybridized carbons (Fsp3) is 0.500. The van der Waals surface area contributed by atoms with Gasteiger partial charge in [-0.2, -0.15) is 0 Å². The number of nitrogens with one attached hydrogen (secondary N) is 3. The highest BCUT2D eigenvalue weighted by molar-refractivity contribution is 5.96. The molecule has 7 nitrogen and oxygen atoms in total. The molecule has 24 heavy (non-hydrogen) atoms. The molecule has 0 spiro atoms. The summed E-state index contributed by atoms with van der Waals surface area (Å²) < 4.78 is 18.6. The molecule has 1 aromatic rings. The summed E-state index contributed by atoms with van der Waals surface area (Å²) in [6.07, 6.45) is 0.566. The molecule has 1 aromatic carbocycles. The highest BCUT2D eigenvalue weighted by Gasteiger charge is 2.37. The number of rotatable bonds is 4. The van der Waals surface area contributed by atoms with Gasteiger partial charge in [0.2, 0.25) is 0 Å². The van der Waals surface area contributed by atoms with E-state index in [1.165, 1.54) is 17.0 Å². The number of benzene rings is 1. The summed E-state index contributed by atoms with van der Waals surface area (Å²) in [5.74, 6) is -0.330. The Morgan fingerprint density at radius 3 is 2.54 bits per heavy atom. The molecule has 3 rings (SSSR count). The lowest BCUT2D eigenvalue weighted by Crippen LogP contribution is -2.70. The topological polar surface area (TPSA) is 82.7 Å². The zero-order valence-corrected chi connectivity index (χ0v) is 13.4. The van der Waals surface area contributed by atoms with Crippen LogP contribution in [0.2, 0.25) is 0 Å². The number of carbonyl (C=O) groups is 2. The number of carbonyl (C=O) groups excluding carboxylic acids is 2. The molecule has 1 atom stereocenters. The van der Waals surface area contributed by atoms with E-state index < -0.39 is 18.4 Å². The summed E-state index contributed by atoms with van der Waals surface area (Å²) in [5, 5.41) is 8.50. The van der Waals surface area contributed by atoms with Crippen molar-refractivity contribution in [1.82, 2.24) is 20.9 Å². The first-order valence-electron chi connectivity index (χ1n) is 8.04. The van der Waals surface area contributed by atoms with Crippen molar-refractivity contribution in [2.45, 2.75) is 38.1 Å². The van der Waals surface area contributed by atoms with Gasteiger partial charge >= 0.3 is 12.1 Å². The fourth-order valence-corrected chi connectivity index (χ4v) is 2.99. The van der Waals surface area contributed by atoms with Crippen molar-refractivity contribution in [2.75, 3.05) is 13.2 Å². The van der Waals surface area contributed by atoms with E-state index in [0.717, 1.165) is 5.56 Å². The number of urea groups is 2. The molecule has 0 aliphatic carbocycles. The van der Waals surface area contributed by atoms with Crippen LogP contribution in [0.3, 0.4) is 0 Å². The average Bonchev–Trinajstić information content (AvgIpc) is 2.55. The third kappa shape index (κ3) is 3.65. The van der Waals surface area contributed by atoms with Gasteiger partial charge in [-0.05, 0) is 37.5 Å². The molecule has 0 saturated carbocycles. The maximum atomic E-state index is 13.3. The molecular formula is C16H21FN4O3. The lowest BCUT2D eigenvalue weighted by Gasteiger charge is -2.39. The van der Waals surface area contributed by atoms with Crippen LogP contribution in [0.4, 0.5) is 14.0 Å². The van der Waals surface area contributed by atoms with Gasteiger partial charge in [-0.1, -0.05) is 12.1 Å². The minimum Gasteiger partial charge on any atom is -0.381 e. The Morgan fingerprint density at radius 2 is 1.92 bits per heavy atom. The van der Waals surface area contributed by atoms with Crippen molar-refractivity contribution in [3.63, 3.8) is 0 Å². The molecule has 2 aliphatic rings. The summed E-state index contributed by atoms with van der Waals surface area (Å²) in [7, 11) is 0. The Hall–Kier alpha value is -2.19. The van der Waals surface area contributed by atoms with Crippen LogP contribution in [-0.2, 0) is 4.74 Å². The van der Waals surface area contributed by atoms with Crippen molar-refractivity contribution in [2.24, 2.45) is 0 Å². The minimum absolute atomic E-state index is 0.152. The van der Waals surface area contributed by atoms with Crippen molar-refractivity contribution >= 4 is 12.1 Å². The van der Waals surface area contributed by atoms with Gasteiger partial charge in [0.1, 0.15) is 5.82 Å². The molecule has 0 bridgehead atoms. The minimum atomic E-state index is -0.709. The number of imide groups is 1. The fourth-order valence-electron chi connectivity index (χ4n) is 2.99. The van der Waals surface area contributed by atoms with Crippen LogP contribution in [0.15, 0.2) is 24.3 Å². The van der Waals surface area contributed by atoms with Crippen molar-refractivity contribution in [3.05, 3.63) is 35.6 Å². The standard InChI is InChI=1S/C16H21FN4O3/c1-10(11-3-2-4-12(17)9-11)18-14-19-15(22)21(16(23)20-14)13-5-7-24-8-6-13/h2-4,9-10,13-14,18H,5-8H2,1H3,(H,19,22)(H,20,23). The van der Waals surface area contributed by atoms with E-state index in [9.17, 15) is 14.0 Å². The SMILES string of the molecule is CC(NC1NC(=O)N(C2CCOCC2)C(=O)N1)c1cccc(F)c1. The molecule has 0 aromatic heterocycles. The van der Waals surface area contributed by atoms with E-state index in [-0.39, 0.29) is 17.9 Å². The molecule has 1 unspecified atom stereocenters. The predicted molar refractivity (Wildman–Crippen MR) is 84.5 cm³/mol. The van der Waals surface area contributed by atoms with Crippen LogP contribution in [-0.4, -0.2) is 42.5 Å². The molecule has 2 heterocycles. The Labute approximate surface area is 139 Å². The molecule has 0 radical (unpaired) electrons. The van der Waals surface area contributed by atoms with E-state index >= 15 is 0 Å². The van der Waals surface area contributed by atoms with Crippen LogP contribution in [0.25, 0.3) is 0 Å². The highest BCUT2D eigenvalue weighted by Crippen LogP contribution is 2.18. The lowest BCUT2D eigenvalue weighted by molar-refractivity contribution is 0.0492. The molecular weight excluding hydrogens is 315 g/mol. The van der Waals surface area contributed by atoms with E-state index in [0.29, 0.717) is 26.1 Å². The van der Waals surface area contributed by atoms with Crippen LogP contribution in [0, 0.1) is 5.82 Å². The molecule has 2 saturated heterocycles. The Kier molecular flexibility index (Phi) is 4.96. The van der Waals surface area contributed by atoms with Crippen LogP contribution in [0.1, 0.15) is 31.4 Å². The second-order valence-electron chi connectivity index (χ2n) is 5.99. The van der Waals surface area contributed by atoms with Gasteiger partial charge in [-0.25, -0.2) is 18.9 Å². The predicted octanol–water partition coefficient (Wildman–Crippen LogP) is 1.67. The van der Waals surface area contributed by atoms with Gasteiger partial charge in [-0.3, -0.25) is 5.32 Å². The Balaban J connectivity index is 1.61. The number of hydrogen-bond acceptors (Lipinski definition) is 4. The number of hydrogen-bond donors (Lipinski definition) is 3. The number of halogens is 1. The van der Waals surface area contributed by atoms with Crippen molar-refractivity contribution in [3.8, 4) is 0 Å². The van der Waals surface area contributed by atoms with E-state index in [4.69, 9.17) is 4.74 Å².